The van der Waals surface area contributed by atoms with Gasteiger partial charge in [0.25, 0.3) is 5.91 Å². The van der Waals surface area contributed by atoms with Crippen molar-refractivity contribution >= 4 is 46.4 Å². The summed E-state index contributed by atoms with van der Waals surface area (Å²) in [7, 11) is 0. The van der Waals surface area contributed by atoms with E-state index in [1.165, 1.54) is 23.2 Å². The molecular formula is C19H21N3O5S. The summed E-state index contributed by atoms with van der Waals surface area (Å²) in [5.74, 6) is -1.59. The summed E-state index contributed by atoms with van der Waals surface area (Å²) in [6.07, 6.45) is 0. The number of benzene rings is 1. The number of thiophene rings is 1. The minimum atomic E-state index is -0.567. The van der Waals surface area contributed by atoms with Gasteiger partial charge in [0.1, 0.15) is 4.88 Å². The minimum absolute atomic E-state index is 0.167. The second-order valence-electron chi connectivity index (χ2n) is 5.77. The molecule has 0 fully saturated rings. The maximum Gasteiger partial charge on any atom is 0.348 e. The van der Waals surface area contributed by atoms with Gasteiger partial charge in [-0.3, -0.25) is 14.4 Å². The smallest absolute Gasteiger partial charge is 0.348 e. The Morgan fingerprint density at radius 1 is 1.04 bits per heavy atom. The Bertz CT molecular complexity index is 834. The second-order valence-corrected chi connectivity index (χ2v) is 6.72. The van der Waals surface area contributed by atoms with E-state index in [4.69, 9.17) is 4.74 Å². The molecule has 0 saturated heterocycles. The number of nitrogens with one attached hydrogen (secondary N) is 2. The van der Waals surface area contributed by atoms with Gasteiger partial charge in [-0.2, -0.15) is 0 Å². The molecule has 0 aliphatic heterocycles. The minimum Gasteiger partial charge on any atom is -0.451 e. The van der Waals surface area contributed by atoms with Crippen molar-refractivity contribution in [1.82, 2.24) is 4.90 Å². The van der Waals surface area contributed by atoms with E-state index in [0.717, 1.165) is 0 Å². The Labute approximate surface area is 166 Å². The van der Waals surface area contributed by atoms with E-state index < -0.39 is 18.5 Å². The Kier molecular flexibility index (Phi) is 7.70. The van der Waals surface area contributed by atoms with Crippen molar-refractivity contribution in [1.29, 1.82) is 0 Å². The van der Waals surface area contributed by atoms with Crippen molar-refractivity contribution in [3.63, 3.8) is 0 Å². The summed E-state index contributed by atoms with van der Waals surface area (Å²) >= 11 is 1.23. The number of amides is 3. The van der Waals surface area contributed by atoms with Crippen LogP contribution in [0.4, 0.5) is 11.4 Å². The Morgan fingerprint density at radius 3 is 2.21 bits per heavy atom. The lowest BCUT2D eigenvalue weighted by Gasteiger charge is -2.20. The lowest BCUT2D eigenvalue weighted by Crippen LogP contribution is -2.40. The number of likely N-dealkylation sites (N-methyl/N-ethyl adjacent to an activating group) is 1. The Hall–Kier alpha value is -3.20. The number of carbonyl (C=O) groups excluding carboxylic acids is 4. The topological polar surface area (TPSA) is 105 Å². The van der Waals surface area contributed by atoms with Crippen LogP contribution < -0.4 is 10.6 Å². The molecular weight excluding hydrogens is 382 g/mol. The Morgan fingerprint density at radius 2 is 1.68 bits per heavy atom. The number of ether oxygens (including phenoxy) is 1. The van der Waals surface area contributed by atoms with Crippen molar-refractivity contribution in [2.24, 2.45) is 0 Å². The van der Waals surface area contributed by atoms with E-state index in [1.54, 1.807) is 48.7 Å². The molecule has 0 bridgehead atoms. The lowest BCUT2D eigenvalue weighted by atomic mass is 10.2. The van der Waals surface area contributed by atoms with Crippen LogP contribution in [-0.2, 0) is 19.1 Å². The summed E-state index contributed by atoms with van der Waals surface area (Å²) in [6.45, 7) is 2.84. The maximum absolute atomic E-state index is 12.2. The molecule has 1 aromatic heterocycles. The third kappa shape index (κ3) is 6.51. The molecule has 0 atom stereocenters. The predicted octanol–water partition coefficient (Wildman–Crippen LogP) is 2.35. The highest BCUT2D eigenvalue weighted by atomic mass is 32.1. The zero-order valence-corrected chi connectivity index (χ0v) is 16.4. The van der Waals surface area contributed by atoms with Gasteiger partial charge in [-0.25, -0.2) is 4.79 Å². The molecule has 0 radical (unpaired) electrons. The van der Waals surface area contributed by atoms with E-state index in [0.29, 0.717) is 22.8 Å². The first-order valence-electron chi connectivity index (χ1n) is 8.55. The largest absolute Gasteiger partial charge is 0.451 e. The van der Waals surface area contributed by atoms with Gasteiger partial charge >= 0.3 is 5.97 Å². The van der Waals surface area contributed by atoms with Crippen LogP contribution in [0.3, 0.4) is 0 Å². The van der Waals surface area contributed by atoms with Crippen LogP contribution in [-0.4, -0.2) is 48.3 Å². The van der Waals surface area contributed by atoms with Gasteiger partial charge in [0.05, 0.1) is 6.54 Å². The third-order valence-corrected chi connectivity index (χ3v) is 4.46. The van der Waals surface area contributed by atoms with Gasteiger partial charge in [-0.05, 0) is 42.6 Å². The number of rotatable bonds is 8. The molecule has 1 heterocycles. The number of esters is 1. The number of hydrogen-bond donors (Lipinski definition) is 2. The molecule has 0 saturated carbocycles. The lowest BCUT2D eigenvalue weighted by molar-refractivity contribution is -0.137. The van der Waals surface area contributed by atoms with E-state index in [-0.39, 0.29) is 18.4 Å². The molecule has 28 heavy (non-hydrogen) atoms. The van der Waals surface area contributed by atoms with Crippen LogP contribution in [0.5, 0.6) is 0 Å². The van der Waals surface area contributed by atoms with Crippen LogP contribution in [0.2, 0.25) is 0 Å². The molecule has 148 valence electrons. The normalized spacial score (nSPS) is 10.1. The van der Waals surface area contributed by atoms with Crippen LogP contribution in [0.25, 0.3) is 0 Å². The van der Waals surface area contributed by atoms with Crippen LogP contribution in [0.1, 0.15) is 23.5 Å². The highest BCUT2D eigenvalue weighted by Crippen LogP contribution is 2.13. The first-order chi connectivity index (χ1) is 13.4. The molecule has 0 aliphatic rings. The van der Waals surface area contributed by atoms with E-state index in [2.05, 4.69) is 10.6 Å². The number of hydrogen-bond acceptors (Lipinski definition) is 6. The fraction of sp³-hybridized carbons (Fsp3) is 0.263. The monoisotopic (exact) mass is 403 g/mol. The molecule has 2 N–H and O–H groups in total. The van der Waals surface area contributed by atoms with Gasteiger partial charge in [0.2, 0.25) is 11.8 Å². The standard InChI is InChI=1S/C19H21N3O5S/c1-3-22(18(25)12-27-19(26)16-5-4-10-28-16)11-17(24)21-15-8-6-14(7-9-15)20-13(2)23/h4-10H,3,11-12H2,1-2H3,(H,20,23)(H,21,24). The molecule has 0 aliphatic carbocycles. The van der Waals surface area contributed by atoms with Gasteiger partial charge in [-0.15, -0.1) is 11.3 Å². The molecule has 8 nitrogen and oxygen atoms in total. The quantitative estimate of drug-likeness (QED) is 0.659. The van der Waals surface area contributed by atoms with Crippen molar-refractivity contribution in [3.8, 4) is 0 Å². The first-order valence-corrected chi connectivity index (χ1v) is 9.43. The Balaban J connectivity index is 1.83. The molecule has 9 heteroatoms. The van der Waals surface area contributed by atoms with Crippen molar-refractivity contribution in [3.05, 3.63) is 46.7 Å². The van der Waals surface area contributed by atoms with Gasteiger partial charge in [0, 0.05) is 24.8 Å². The molecule has 2 aromatic rings. The number of carbonyl (C=O) groups is 4. The third-order valence-electron chi connectivity index (χ3n) is 3.61. The van der Waals surface area contributed by atoms with Gasteiger partial charge in [-0.1, -0.05) is 6.07 Å². The van der Waals surface area contributed by atoms with E-state index >= 15 is 0 Å². The maximum atomic E-state index is 12.2. The number of nitrogens with zero attached hydrogens (tertiary/aromatic N) is 1. The summed E-state index contributed by atoms with van der Waals surface area (Å²) < 4.78 is 4.99. The zero-order chi connectivity index (χ0) is 20.5. The van der Waals surface area contributed by atoms with Crippen LogP contribution in [0, 0.1) is 0 Å². The molecule has 3 amide bonds. The fourth-order valence-corrected chi connectivity index (χ4v) is 2.89. The van der Waals surface area contributed by atoms with Crippen molar-refractivity contribution < 1.29 is 23.9 Å². The first kappa shape index (κ1) is 21.1. The predicted molar refractivity (Wildman–Crippen MR) is 106 cm³/mol. The molecule has 0 unspecified atom stereocenters. The fourth-order valence-electron chi connectivity index (χ4n) is 2.27. The summed E-state index contributed by atoms with van der Waals surface area (Å²) in [4.78, 5) is 48.9. The average Bonchev–Trinajstić information content (AvgIpc) is 3.20. The van der Waals surface area contributed by atoms with E-state index in [9.17, 15) is 19.2 Å². The van der Waals surface area contributed by atoms with Crippen LogP contribution >= 0.6 is 11.3 Å². The molecule has 1 aromatic carbocycles. The van der Waals surface area contributed by atoms with Crippen molar-refractivity contribution in [2.75, 3.05) is 30.3 Å². The number of anilines is 2. The summed E-state index contributed by atoms with van der Waals surface area (Å²) in [5, 5.41) is 7.05. The molecule has 2 rings (SSSR count). The van der Waals surface area contributed by atoms with E-state index in [1.807, 2.05) is 0 Å². The van der Waals surface area contributed by atoms with Gasteiger partial charge in [0.15, 0.2) is 6.61 Å². The summed E-state index contributed by atoms with van der Waals surface area (Å²) in [6, 6.07) is 9.93. The molecule has 0 spiro atoms. The average molecular weight is 403 g/mol. The SMILES string of the molecule is CCN(CC(=O)Nc1ccc(NC(C)=O)cc1)C(=O)COC(=O)c1cccs1. The highest BCUT2D eigenvalue weighted by molar-refractivity contribution is 7.11. The van der Waals surface area contributed by atoms with Gasteiger partial charge < -0.3 is 20.3 Å². The zero-order valence-electron chi connectivity index (χ0n) is 15.6. The van der Waals surface area contributed by atoms with Crippen LogP contribution in [0.15, 0.2) is 41.8 Å². The highest BCUT2D eigenvalue weighted by Gasteiger charge is 2.18. The second kappa shape index (κ2) is 10.2. The van der Waals surface area contributed by atoms with Crippen molar-refractivity contribution in [2.45, 2.75) is 13.8 Å². The summed E-state index contributed by atoms with van der Waals surface area (Å²) in [5.41, 5.74) is 1.15.